The first kappa shape index (κ1) is 23.8. The molecule has 1 atom stereocenters. The van der Waals surface area contributed by atoms with Crippen LogP contribution in [0.3, 0.4) is 0 Å². The van der Waals surface area contributed by atoms with Crippen molar-refractivity contribution < 1.29 is 9.53 Å². The number of nitrogens with zero attached hydrogens (tertiary/aromatic N) is 5. The summed E-state index contributed by atoms with van der Waals surface area (Å²) in [4.78, 5) is 15.3. The molecule has 1 fully saturated rings. The summed E-state index contributed by atoms with van der Waals surface area (Å²) in [7, 11) is 0. The third-order valence-electron chi connectivity index (χ3n) is 6.80. The van der Waals surface area contributed by atoms with Gasteiger partial charge in [-0.3, -0.25) is 4.79 Å². The minimum Gasteiger partial charge on any atom is -0.494 e. The molecule has 1 saturated heterocycles. The summed E-state index contributed by atoms with van der Waals surface area (Å²) in [5.41, 5.74) is 4.69. The number of anilines is 1. The van der Waals surface area contributed by atoms with Gasteiger partial charge in [-0.2, -0.15) is 10.2 Å². The largest absolute Gasteiger partial charge is 0.494 e. The van der Waals surface area contributed by atoms with Gasteiger partial charge in [-0.25, -0.2) is 4.68 Å². The Hall–Kier alpha value is -3.94. The third kappa shape index (κ3) is 4.63. The molecule has 4 aromatic rings. The molecule has 1 amide bonds. The van der Waals surface area contributed by atoms with Crippen molar-refractivity contribution in [2.75, 3.05) is 24.6 Å². The summed E-state index contributed by atoms with van der Waals surface area (Å²) in [6, 6.07) is 17.9. The van der Waals surface area contributed by atoms with Crippen LogP contribution < -0.4 is 15.0 Å². The van der Waals surface area contributed by atoms with Gasteiger partial charge < -0.3 is 15.0 Å². The van der Waals surface area contributed by atoms with Crippen molar-refractivity contribution in [2.24, 2.45) is 5.92 Å². The number of hydrogen-bond acceptors (Lipinski definition) is 6. The van der Waals surface area contributed by atoms with Crippen LogP contribution in [0.2, 0.25) is 0 Å². The minimum atomic E-state index is -0.131. The molecule has 0 aliphatic carbocycles. The number of ether oxygens (including phenoxy) is 1. The first-order chi connectivity index (χ1) is 17.6. The average Bonchev–Trinajstić information content (AvgIpc) is 3.27. The van der Waals surface area contributed by atoms with Crippen LogP contribution in [0.5, 0.6) is 5.75 Å². The lowest BCUT2D eigenvalue weighted by Crippen LogP contribution is -2.43. The monoisotopic (exact) mass is 484 g/mol. The normalized spacial score (nSPS) is 15.8. The third-order valence-corrected chi connectivity index (χ3v) is 6.80. The molecule has 0 bridgehead atoms. The lowest BCUT2D eigenvalue weighted by molar-refractivity contribution is -0.125. The van der Waals surface area contributed by atoms with Gasteiger partial charge >= 0.3 is 0 Å². The van der Waals surface area contributed by atoms with Gasteiger partial charge in [0.05, 0.1) is 35.0 Å². The van der Waals surface area contributed by atoms with Gasteiger partial charge in [-0.1, -0.05) is 36.4 Å². The van der Waals surface area contributed by atoms with E-state index in [2.05, 4.69) is 27.3 Å². The van der Waals surface area contributed by atoms with E-state index >= 15 is 0 Å². The average molecular weight is 485 g/mol. The van der Waals surface area contributed by atoms with Gasteiger partial charge in [0.2, 0.25) is 5.91 Å². The lowest BCUT2D eigenvalue weighted by Gasteiger charge is -2.32. The van der Waals surface area contributed by atoms with Crippen LogP contribution in [0, 0.1) is 19.8 Å². The van der Waals surface area contributed by atoms with Gasteiger partial charge in [0, 0.05) is 25.2 Å². The van der Waals surface area contributed by atoms with Gasteiger partial charge in [0.25, 0.3) is 0 Å². The van der Waals surface area contributed by atoms with Crippen molar-refractivity contribution in [3.63, 3.8) is 0 Å². The quantitative estimate of drug-likeness (QED) is 0.419. The molecule has 186 valence electrons. The number of fused-ring (bicyclic) bond motifs is 1. The Morgan fingerprint density at radius 1 is 1.08 bits per heavy atom. The van der Waals surface area contributed by atoms with Crippen molar-refractivity contribution in [1.29, 1.82) is 0 Å². The smallest absolute Gasteiger partial charge is 0.225 e. The number of benzene rings is 2. The second-order valence-electron chi connectivity index (χ2n) is 9.21. The summed E-state index contributed by atoms with van der Waals surface area (Å²) in [5, 5.41) is 18.1. The fourth-order valence-corrected chi connectivity index (χ4v) is 5.00. The zero-order chi connectivity index (χ0) is 25.1. The van der Waals surface area contributed by atoms with E-state index in [0.29, 0.717) is 19.7 Å². The number of amides is 1. The van der Waals surface area contributed by atoms with Crippen LogP contribution in [0.25, 0.3) is 16.6 Å². The van der Waals surface area contributed by atoms with E-state index in [-0.39, 0.29) is 11.8 Å². The molecule has 5 rings (SSSR count). The van der Waals surface area contributed by atoms with E-state index in [4.69, 9.17) is 9.84 Å². The highest BCUT2D eigenvalue weighted by Gasteiger charge is 2.29. The van der Waals surface area contributed by atoms with E-state index in [9.17, 15) is 4.79 Å². The van der Waals surface area contributed by atoms with Crippen molar-refractivity contribution in [1.82, 2.24) is 25.3 Å². The SMILES string of the molecule is CCOc1ccccc1CNC(=O)[C@@H]1CCCN(c2nnc(C)c3c(C)n(-c4ccccc4)nc23)C1. The second-order valence-corrected chi connectivity index (χ2v) is 9.21. The Kier molecular flexibility index (Phi) is 6.84. The highest BCUT2D eigenvalue weighted by molar-refractivity contribution is 5.92. The molecule has 0 saturated carbocycles. The Labute approximate surface area is 211 Å². The number of para-hydroxylation sites is 2. The van der Waals surface area contributed by atoms with Crippen LogP contribution in [0.4, 0.5) is 5.82 Å². The Bertz CT molecular complexity index is 1370. The predicted molar refractivity (Wildman–Crippen MR) is 141 cm³/mol. The first-order valence-corrected chi connectivity index (χ1v) is 12.6. The van der Waals surface area contributed by atoms with Gasteiger partial charge in [0.15, 0.2) is 5.82 Å². The number of piperidine rings is 1. The van der Waals surface area contributed by atoms with E-state index in [0.717, 1.165) is 64.5 Å². The number of rotatable bonds is 7. The summed E-state index contributed by atoms with van der Waals surface area (Å²) in [6.45, 7) is 8.43. The van der Waals surface area contributed by atoms with E-state index in [1.165, 1.54) is 0 Å². The summed E-state index contributed by atoms with van der Waals surface area (Å²) in [6.07, 6.45) is 1.75. The molecule has 2 aromatic carbocycles. The van der Waals surface area contributed by atoms with Crippen molar-refractivity contribution in [3.05, 3.63) is 71.5 Å². The predicted octanol–water partition coefficient (Wildman–Crippen LogP) is 4.36. The zero-order valence-corrected chi connectivity index (χ0v) is 21.1. The zero-order valence-electron chi connectivity index (χ0n) is 21.1. The van der Waals surface area contributed by atoms with Crippen molar-refractivity contribution in [3.8, 4) is 11.4 Å². The summed E-state index contributed by atoms with van der Waals surface area (Å²) < 4.78 is 7.65. The molecular weight excluding hydrogens is 452 g/mol. The fraction of sp³-hybridized carbons (Fsp3) is 0.357. The number of aromatic nitrogens is 4. The highest BCUT2D eigenvalue weighted by atomic mass is 16.5. The topological polar surface area (TPSA) is 85.2 Å². The summed E-state index contributed by atoms with van der Waals surface area (Å²) >= 11 is 0. The van der Waals surface area contributed by atoms with Gasteiger partial charge in [-0.15, -0.1) is 5.10 Å². The van der Waals surface area contributed by atoms with Crippen molar-refractivity contribution >= 4 is 22.6 Å². The molecule has 2 aromatic heterocycles. The van der Waals surface area contributed by atoms with Gasteiger partial charge in [0.1, 0.15) is 11.3 Å². The standard InChI is InChI=1S/C28H32N6O2/c1-4-36-24-15-9-8-11-21(24)17-29-28(35)22-12-10-16-33(18-22)27-26-25(19(2)30-31-27)20(3)34(32-26)23-13-6-5-7-14-23/h5-9,11,13-15,22H,4,10,12,16-18H2,1-3H3,(H,29,35)/t22-/m1/s1. The maximum Gasteiger partial charge on any atom is 0.225 e. The first-order valence-electron chi connectivity index (χ1n) is 12.6. The maximum atomic E-state index is 13.1. The number of carbonyl (C=O) groups excluding carboxylic acids is 1. The lowest BCUT2D eigenvalue weighted by atomic mass is 9.97. The van der Waals surface area contributed by atoms with Gasteiger partial charge in [-0.05, 0) is 51.8 Å². The number of aryl methyl sites for hydroxylation is 2. The Balaban J connectivity index is 1.36. The minimum absolute atomic E-state index is 0.0494. The molecule has 8 heteroatoms. The molecule has 36 heavy (non-hydrogen) atoms. The molecule has 8 nitrogen and oxygen atoms in total. The van der Waals surface area contributed by atoms with E-state index < -0.39 is 0 Å². The molecule has 0 radical (unpaired) electrons. The Morgan fingerprint density at radius 2 is 1.86 bits per heavy atom. The highest BCUT2D eigenvalue weighted by Crippen LogP contribution is 2.31. The fourth-order valence-electron chi connectivity index (χ4n) is 5.00. The molecule has 1 aliphatic rings. The van der Waals surface area contributed by atoms with Crippen LogP contribution in [0.15, 0.2) is 54.6 Å². The van der Waals surface area contributed by atoms with E-state index in [1.54, 1.807) is 0 Å². The molecule has 3 heterocycles. The van der Waals surface area contributed by atoms with Crippen LogP contribution in [0.1, 0.15) is 36.7 Å². The van der Waals surface area contributed by atoms with Crippen LogP contribution >= 0.6 is 0 Å². The van der Waals surface area contributed by atoms with E-state index in [1.807, 2.05) is 73.1 Å². The molecule has 0 unspecified atom stereocenters. The van der Waals surface area contributed by atoms with Crippen molar-refractivity contribution in [2.45, 2.75) is 40.2 Å². The Morgan fingerprint density at radius 3 is 2.67 bits per heavy atom. The molecular formula is C28H32N6O2. The summed E-state index contributed by atoms with van der Waals surface area (Å²) in [5.74, 6) is 1.47. The van der Waals surface area contributed by atoms with Crippen LogP contribution in [-0.2, 0) is 11.3 Å². The maximum absolute atomic E-state index is 13.1. The molecule has 1 aliphatic heterocycles. The van der Waals surface area contributed by atoms with Crippen LogP contribution in [-0.4, -0.2) is 45.6 Å². The number of nitrogens with one attached hydrogen (secondary N) is 1. The molecule has 1 N–H and O–H groups in total. The number of hydrogen-bond donors (Lipinski definition) is 1. The number of carbonyl (C=O) groups is 1. The molecule has 0 spiro atoms. The second kappa shape index (κ2) is 10.4.